The van der Waals surface area contributed by atoms with Crippen LogP contribution >= 0.6 is 11.6 Å². The first-order chi connectivity index (χ1) is 10.3. The van der Waals surface area contributed by atoms with Crippen LogP contribution in [0.4, 0.5) is 0 Å². The van der Waals surface area contributed by atoms with Crippen molar-refractivity contribution in [2.75, 3.05) is 19.1 Å². The van der Waals surface area contributed by atoms with E-state index in [0.29, 0.717) is 11.9 Å². The number of ether oxygens (including phenoxy) is 1. The predicted octanol–water partition coefficient (Wildman–Crippen LogP) is 2.86. The van der Waals surface area contributed by atoms with Gasteiger partial charge in [-0.3, -0.25) is 4.68 Å². The molecule has 0 bridgehead atoms. The Morgan fingerprint density at radius 3 is 2.90 bits per heavy atom. The van der Waals surface area contributed by atoms with E-state index in [1.54, 1.807) is 0 Å². The average molecular weight is 311 g/mol. The van der Waals surface area contributed by atoms with Crippen molar-refractivity contribution in [2.24, 2.45) is 7.05 Å². The molecule has 3 rings (SSSR count). The number of hydrogen-bond donors (Lipinski definition) is 0. The number of rotatable bonds is 5. The molecule has 116 valence electrons. The molecule has 1 fully saturated rings. The summed E-state index contributed by atoms with van der Waals surface area (Å²) in [6, 6.07) is 0.354. The minimum Gasteiger partial charge on any atom is -0.379 e. The quantitative estimate of drug-likeness (QED) is 0.798. The molecule has 0 amide bonds. The molecule has 0 spiro atoms. The Kier molecular flexibility index (Phi) is 4.50. The third-order valence-corrected chi connectivity index (χ3v) is 4.30. The fourth-order valence-corrected chi connectivity index (χ4v) is 3.39. The van der Waals surface area contributed by atoms with E-state index in [0.717, 1.165) is 68.0 Å². The van der Waals surface area contributed by atoms with Gasteiger partial charge >= 0.3 is 0 Å². The van der Waals surface area contributed by atoms with Crippen LogP contribution < -0.4 is 0 Å². The smallest absolute Gasteiger partial charge is 0.159 e. The lowest BCUT2D eigenvalue weighted by molar-refractivity contribution is 0.0592. The Morgan fingerprint density at radius 1 is 1.38 bits per heavy atom. The van der Waals surface area contributed by atoms with Gasteiger partial charge in [0.25, 0.3) is 0 Å². The lowest BCUT2D eigenvalue weighted by Crippen LogP contribution is -2.24. The number of alkyl halides is 1. The van der Waals surface area contributed by atoms with E-state index in [-0.39, 0.29) is 0 Å². The second-order valence-electron chi connectivity index (χ2n) is 5.70. The molecule has 3 heterocycles. The summed E-state index contributed by atoms with van der Waals surface area (Å²) >= 11 is 5.98. The maximum atomic E-state index is 5.98. The number of imidazole rings is 1. The van der Waals surface area contributed by atoms with Crippen LogP contribution in [0.25, 0.3) is 11.2 Å². The van der Waals surface area contributed by atoms with Crippen LogP contribution in [0.2, 0.25) is 0 Å². The zero-order valence-corrected chi connectivity index (χ0v) is 13.6. The van der Waals surface area contributed by atoms with Crippen LogP contribution in [0.15, 0.2) is 0 Å². The normalized spacial score (nSPS) is 19.5. The summed E-state index contributed by atoms with van der Waals surface area (Å²) in [4.78, 5) is 4.86. The van der Waals surface area contributed by atoms with E-state index >= 15 is 0 Å². The van der Waals surface area contributed by atoms with Gasteiger partial charge in [-0.05, 0) is 19.3 Å². The van der Waals surface area contributed by atoms with Gasteiger partial charge in [0.05, 0.1) is 18.3 Å². The summed E-state index contributed by atoms with van der Waals surface area (Å²) in [5.74, 6) is 1.66. The number of hydrogen-bond acceptors (Lipinski definition) is 3. The van der Waals surface area contributed by atoms with Crippen molar-refractivity contribution in [3.8, 4) is 0 Å². The molecule has 0 aromatic carbocycles. The third-order valence-electron chi connectivity index (χ3n) is 4.12. The summed E-state index contributed by atoms with van der Waals surface area (Å²) in [5.41, 5.74) is 3.26. The zero-order chi connectivity index (χ0) is 14.8. The molecule has 21 heavy (non-hydrogen) atoms. The molecule has 6 heteroatoms. The highest BCUT2D eigenvalue weighted by molar-refractivity contribution is 6.17. The maximum Gasteiger partial charge on any atom is 0.159 e. The minimum absolute atomic E-state index is 0.354. The van der Waals surface area contributed by atoms with Gasteiger partial charge in [-0.1, -0.05) is 13.3 Å². The topological polar surface area (TPSA) is 44.9 Å². The van der Waals surface area contributed by atoms with Gasteiger partial charge in [0.1, 0.15) is 11.3 Å². The minimum atomic E-state index is 0.354. The van der Waals surface area contributed by atoms with Crippen LogP contribution in [-0.2, 0) is 24.6 Å². The van der Waals surface area contributed by atoms with Crippen molar-refractivity contribution >= 4 is 22.8 Å². The maximum absolute atomic E-state index is 5.98. The van der Waals surface area contributed by atoms with E-state index < -0.39 is 0 Å². The first-order valence-corrected chi connectivity index (χ1v) is 8.36. The van der Waals surface area contributed by atoms with E-state index in [4.69, 9.17) is 21.3 Å². The van der Waals surface area contributed by atoms with Crippen LogP contribution in [-0.4, -0.2) is 38.4 Å². The second-order valence-corrected chi connectivity index (χ2v) is 6.08. The predicted molar refractivity (Wildman–Crippen MR) is 84.0 cm³/mol. The number of aromatic nitrogens is 4. The van der Waals surface area contributed by atoms with Gasteiger partial charge in [-0.15, -0.1) is 11.6 Å². The average Bonchev–Trinajstić information content (AvgIpc) is 3.00. The molecular formula is C15H23ClN4O. The fourth-order valence-electron chi connectivity index (χ4n) is 3.22. The Balaban J connectivity index is 2.11. The number of nitrogens with zero attached hydrogens (tertiary/aromatic N) is 4. The molecule has 1 unspecified atom stereocenters. The van der Waals surface area contributed by atoms with Crippen molar-refractivity contribution in [1.29, 1.82) is 0 Å². The number of aryl methyl sites for hydroxylation is 3. The van der Waals surface area contributed by atoms with Crippen LogP contribution in [0.5, 0.6) is 0 Å². The Morgan fingerprint density at radius 2 is 2.24 bits per heavy atom. The van der Waals surface area contributed by atoms with Crippen LogP contribution in [0.1, 0.15) is 43.7 Å². The summed E-state index contributed by atoms with van der Waals surface area (Å²) in [7, 11) is 2.01. The molecule has 1 saturated heterocycles. The molecular weight excluding hydrogens is 288 g/mol. The van der Waals surface area contributed by atoms with Gasteiger partial charge in [-0.25, -0.2) is 4.98 Å². The van der Waals surface area contributed by atoms with Crippen molar-refractivity contribution in [3.05, 3.63) is 11.5 Å². The van der Waals surface area contributed by atoms with Gasteiger partial charge in [0.2, 0.25) is 0 Å². The highest BCUT2D eigenvalue weighted by atomic mass is 35.5. The SMILES string of the molecule is CCCc1nn(C)c2c1nc(CCCl)n2C1CCCOC1. The summed E-state index contributed by atoms with van der Waals surface area (Å²) in [6.45, 7) is 3.80. The molecule has 2 aromatic heterocycles. The van der Waals surface area contributed by atoms with Gasteiger partial charge in [0.15, 0.2) is 5.65 Å². The van der Waals surface area contributed by atoms with E-state index in [9.17, 15) is 0 Å². The van der Waals surface area contributed by atoms with Crippen LogP contribution in [0.3, 0.4) is 0 Å². The van der Waals surface area contributed by atoms with Crippen molar-refractivity contribution in [2.45, 2.75) is 45.1 Å². The zero-order valence-electron chi connectivity index (χ0n) is 12.8. The monoisotopic (exact) mass is 310 g/mol. The molecule has 1 aliphatic heterocycles. The second kappa shape index (κ2) is 6.36. The fraction of sp³-hybridized carbons (Fsp3) is 0.733. The Labute approximate surface area is 130 Å². The molecule has 0 saturated carbocycles. The van der Waals surface area contributed by atoms with Gasteiger partial charge in [-0.2, -0.15) is 5.10 Å². The molecule has 0 radical (unpaired) electrons. The highest BCUT2D eigenvalue weighted by Crippen LogP contribution is 2.29. The Hall–Kier alpha value is -1.07. The Bertz CT molecular complexity index is 613. The standard InChI is InChI=1S/C15H23ClN4O/c1-3-5-12-14-15(19(2)18-12)20(13(17-14)7-8-16)11-6-4-9-21-10-11/h11H,3-10H2,1-2H3. The lowest BCUT2D eigenvalue weighted by Gasteiger charge is -2.25. The van der Waals surface area contributed by atoms with Crippen LogP contribution in [0, 0.1) is 0 Å². The highest BCUT2D eigenvalue weighted by Gasteiger charge is 2.25. The number of halogens is 1. The van der Waals surface area contributed by atoms with Gasteiger partial charge in [0, 0.05) is 26.0 Å². The van der Waals surface area contributed by atoms with Gasteiger partial charge < -0.3 is 9.30 Å². The van der Waals surface area contributed by atoms with Crippen molar-refractivity contribution < 1.29 is 4.74 Å². The van der Waals surface area contributed by atoms with Crippen molar-refractivity contribution in [3.63, 3.8) is 0 Å². The summed E-state index contributed by atoms with van der Waals surface area (Å²) in [6.07, 6.45) is 5.07. The van der Waals surface area contributed by atoms with E-state index in [2.05, 4.69) is 16.6 Å². The van der Waals surface area contributed by atoms with E-state index in [1.165, 1.54) is 0 Å². The molecule has 5 nitrogen and oxygen atoms in total. The first kappa shape index (κ1) is 14.9. The largest absolute Gasteiger partial charge is 0.379 e. The summed E-state index contributed by atoms with van der Waals surface area (Å²) < 4.78 is 9.97. The molecule has 1 atom stereocenters. The molecule has 1 aliphatic rings. The van der Waals surface area contributed by atoms with E-state index in [1.807, 2.05) is 11.7 Å². The molecule has 0 aliphatic carbocycles. The summed E-state index contributed by atoms with van der Waals surface area (Å²) in [5, 5.41) is 4.66. The third kappa shape index (κ3) is 2.69. The lowest BCUT2D eigenvalue weighted by atomic mass is 10.1. The molecule has 0 N–H and O–H groups in total. The first-order valence-electron chi connectivity index (χ1n) is 7.82. The number of fused-ring (bicyclic) bond motifs is 1. The van der Waals surface area contributed by atoms with Crippen molar-refractivity contribution in [1.82, 2.24) is 19.3 Å². The molecule has 2 aromatic rings.